The lowest BCUT2D eigenvalue weighted by atomic mass is 10.1. The summed E-state index contributed by atoms with van der Waals surface area (Å²) in [6.07, 6.45) is 0.798. The number of nitrogens with one attached hydrogen (secondary N) is 2. The molecule has 0 atom stereocenters. The van der Waals surface area contributed by atoms with Crippen molar-refractivity contribution in [2.24, 2.45) is 5.73 Å². The van der Waals surface area contributed by atoms with E-state index in [1.165, 1.54) is 7.05 Å². The van der Waals surface area contributed by atoms with Gasteiger partial charge in [-0.3, -0.25) is 9.59 Å². The second-order valence-electron chi connectivity index (χ2n) is 4.53. The van der Waals surface area contributed by atoms with Crippen molar-refractivity contribution in [1.29, 1.82) is 0 Å². The van der Waals surface area contributed by atoms with Crippen LogP contribution in [-0.4, -0.2) is 42.9 Å². The molecule has 4 N–H and O–H groups in total. The van der Waals surface area contributed by atoms with E-state index in [0.29, 0.717) is 0 Å². The number of amides is 4. The third-order valence-corrected chi connectivity index (χ3v) is 2.88. The molecular formula is C14H20N4O3. The van der Waals surface area contributed by atoms with E-state index >= 15 is 0 Å². The molecule has 21 heavy (non-hydrogen) atoms. The largest absolute Gasteiger partial charge is 0.351 e. The number of aryl methyl sites for hydroxylation is 1. The van der Waals surface area contributed by atoms with Crippen LogP contribution in [0, 0.1) is 0 Å². The third kappa shape index (κ3) is 5.52. The Labute approximate surface area is 123 Å². The van der Waals surface area contributed by atoms with Gasteiger partial charge in [-0.2, -0.15) is 0 Å². The van der Waals surface area contributed by atoms with Gasteiger partial charge in [0.2, 0.25) is 11.8 Å². The summed E-state index contributed by atoms with van der Waals surface area (Å²) in [4.78, 5) is 35.1. The Balaban J connectivity index is 2.44. The Morgan fingerprint density at radius 2 is 1.86 bits per heavy atom. The van der Waals surface area contributed by atoms with Gasteiger partial charge in [-0.15, -0.1) is 0 Å². The van der Waals surface area contributed by atoms with Gasteiger partial charge in [0.15, 0.2) is 0 Å². The SMILES string of the molecule is CCc1ccccc1NC(=O)CNC(=O)CN(C)C(N)=O. The number of hydrogen-bond donors (Lipinski definition) is 3. The molecule has 0 bridgehead atoms. The molecule has 0 saturated carbocycles. The summed E-state index contributed by atoms with van der Waals surface area (Å²) < 4.78 is 0. The van der Waals surface area contributed by atoms with Crippen LogP contribution in [0.2, 0.25) is 0 Å². The highest BCUT2D eigenvalue weighted by molar-refractivity contribution is 5.95. The highest BCUT2D eigenvalue weighted by atomic mass is 16.2. The molecule has 7 heteroatoms. The first kappa shape index (κ1) is 16.5. The number of primary amides is 1. The summed E-state index contributed by atoms with van der Waals surface area (Å²) in [6.45, 7) is 1.64. The van der Waals surface area contributed by atoms with Crippen molar-refractivity contribution in [1.82, 2.24) is 10.2 Å². The number of benzene rings is 1. The minimum atomic E-state index is -0.702. The van der Waals surface area contributed by atoms with E-state index < -0.39 is 11.9 Å². The van der Waals surface area contributed by atoms with Crippen molar-refractivity contribution >= 4 is 23.5 Å². The molecule has 0 aliphatic heterocycles. The van der Waals surface area contributed by atoms with Gasteiger partial charge in [-0.1, -0.05) is 25.1 Å². The van der Waals surface area contributed by atoms with Crippen LogP contribution in [0.25, 0.3) is 0 Å². The van der Waals surface area contributed by atoms with Crippen LogP contribution in [0.15, 0.2) is 24.3 Å². The summed E-state index contributed by atoms with van der Waals surface area (Å²) in [6, 6.07) is 6.76. The zero-order valence-electron chi connectivity index (χ0n) is 12.2. The fourth-order valence-electron chi connectivity index (χ4n) is 1.67. The standard InChI is InChI=1S/C14H20N4O3/c1-3-10-6-4-5-7-11(10)17-12(19)8-16-13(20)9-18(2)14(15)21/h4-7H,3,8-9H2,1-2H3,(H2,15,21)(H,16,20)(H,17,19). The smallest absolute Gasteiger partial charge is 0.314 e. The van der Waals surface area contributed by atoms with E-state index in [1.807, 2.05) is 25.1 Å². The first-order valence-corrected chi connectivity index (χ1v) is 6.59. The molecule has 1 aromatic carbocycles. The molecule has 0 aliphatic carbocycles. The number of rotatable bonds is 6. The second-order valence-corrected chi connectivity index (χ2v) is 4.53. The van der Waals surface area contributed by atoms with Gasteiger partial charge < -0.3 is 21.3 Å². The zero-order valence-corrected chi connectivity index (χ0v) is 12.2. The van der Waals surface area contributed by atoms with Crippen LogP contribution in [0.5, 0.6) is 0 Å². The van der Waals surface area contributed by atoms with Crippen LogP contribution in [-0.2, 0) is 16.0 Å². The molecule has 0 radical (unpaired) electrons. The number of likely N-dealkylation sites (N-methyl/N-ethyl adjacent to an activating group) is 1. The zero-order chi connectivity index (χ0) is 15.8. The highest BCUT2D eigenvalue weighted by Gasteiger charge is 2.11. The lowest BCUT2D eigenvalue weighted by Crippen LogP contribution is -2.42. The number of para-hydroxylation sites is 1. The maximum Gasteiger partial charge on any atom is 0.314 e. The molecule has 0 unspecified atom stereocenters. The molecule has 0 aliphatic rings. The maximum atomic E-state index is 11.8. The lowest BCUT2D eigenvalue weighted by Gasteiger charge is -2.14. The summed E-state index contributed by atoms with van der Waals surface area (Å²) in [7, 11) is 1.40. The van der Waals surface area contributed by atoms with Gasteiger partial charge in [0, 0.05) is 12.7 Å². The van der Waals surface area contributed by atoms with Crippen molar-refractivity contribution in [2.45, 2.75) is 13.3 Å². The Morgan fingerprint density at radius 3 is 2.48 bits per heavy atom. The number of carbonyl (C=O) groups excluding carboxylic acids is 3. The van der Waals surface area contributed by atoms with Crippen LogP contribution >= 0.6 is 0 Å². The van der Waals surface area contributed by atoms with Gasteiger partial charge in [0.1, 0.15) is 6.54 Å². The van der Waals surface area contributed by atoms with Gasteiger partial charge >= 0.3 is 6.03 Å². The summed E-state index contributed by atoms with van der Waals surface area (Å²) in [5, 5.41) is 5.16. The first-order chi connectivity index (χ1) is 9.93. The van der Waals surface area contributed by atoms with Crippen LogP contribution in [0.3, 0.4) is 0 Å². The number of urea groups is 1. The second kappa shape index (κ2) is 7.88. The average molecular weight is 292 g/mol. The molecule has 0 aromatic heterocycles. The van der Waals surface area contributed by atoms with Crippen molar-refractivity contribution in [3.63, 3.8) is 0 Å². The van der Waals surface area contributed by atoms with Gasteiger partial charge in [-0.05, 0) is 18.1 Å². The van der Waals surface area contributed by atoms with Crippen molar-refractivity contribution in [2.75, 3.05) is 25.5 Å². The van der Waals surface area contributed by atoms with E-state index in [0.717, 1.165) is 22.6 Å². The predicted octanol–water partition coefficient (Wildman–Crippen LogP) is 0.314. The lowest BCUT2D eigenvalue weighted by molar-refractivity contribution is -0.124. The van der Waals surface area contributed by atoms with Crippen LogP contribution in [0.1, 0.15) is 12.5 Å². The van der Waals surface area contributed by atoms with E-state index in [2.05, 4.69) is 10.6 Å². The normalized spacial score (nSPS) is 9.81. The highest BCUT2D eigenvalue weighted by Crippen LogP contribution is 2.14. The molecule has 0 spiro atoms. The Kier molecular flexibility index (Phi) is 6.19. The number of hydrogen-bond acceptors (Lipinski definition) is 3. The number of nitrogens with two attached hydrogens (primary N) is 1. The van der Waals surface area contributed by atoms with Gasteiger partial charge in [0.25, 0.3) is 0 Å². The number of anilines is 1. The molecule has 0 fully saturated rings. The summed E-state index contributed by atoms with van der Waals surface area (Å²) in [5.74, 6) is -0.777. The topological polar surface area (TPSA) is 105 Å². The van der Waals surface area contributed by atoms with Crippen molar-refractivity contribution < 1.29 is 14.4 Å². The van der Waals surface area contributed by atoms with E-state index in [4.69, 9.17) is 5.73 Å². The molecular weight excluding hydrogens is 272 g/mol. The maximum absolute atomic E-state index is 11.8. The minimum absolute atomic E-state index is 0.163. The molecule has 114 valence electrons. The minimum Gasteiger partial charge on any atom is -0.351 e. The number of carbonyl (C=O) groups is 3. The fourth-order valence-corrected chi connectivity index (χ4v) is 1.67. The molecule has 7 nitrogen and oxygen atoms in total. The van der Waals surface area contributed by atoms with Crippen molar-refractivity contribution in [3.05, 3.63) is 29.8 Å². The van der Waals surface area contributed by atoms with Crippen molar-refractivity contribution in [3.8, 4) is 0 Å². The third-order valence-electron chi connectivity index (χ3n) is 2.88. The Morgan fingerprint density at radius 1 is 1.19 bits per heavy atom. The molecule has 0 heterocycles. The van der Waals surface area contributed by atoms with E-state index in [9.17, 15) is 14.4 Å². The quantitative estimate of drug-likeness (QED) is 0.703. The predicted molar refractivity (Wildman–Crippen MR) is 79.7 cm³/mol. The van der Waals surface area contributed by atoms with Gasteiger partial charge in [0.05, 0.1) is 6.54 Å². The molecule has 0 saturated heterocycles. The average Bonchev–Trinajstić information content (AvgIpc) is 2.45. The van der Waals surface area contributed by atoms with Crippen LogP contribution < -0.4 is 16.4 Å². The Bertz CT molecular complexity index is 531. The van der Waals surface area contributed by atoms with Gasteiger partial charge in [-0.25, -0.2) is 4.79 Å². The van der Waals surface area contributed by atoms with Crippen LogP contribution in [0.4, 0.5) is 10.5 Å². The molecule has 4 amide bonds. The summed E-state index contributed by atoms with van der Waals surface area (Å²) in [5.41, 5.74) is 6.75. The Hall–Kier alpha value is -2.57. The molecule has 1 rings (SSSR count). The fraction of sp³-hybridized carbons (Fsp3) is 0.357. The molecule has 1 aromatic rings. The van der Waals surface area contributed by atoms with E-state index in [-0.39, 0.29) is 19.0 Å². The monoisotopic (exact) mass is 292 g/mol. The number of nitrogens with zero attached hydrogens (tertiary/aromatic N) is 1. The first-order valence-electron chi connectivity index (χ1n) is 6.59. The van der Waals surface area contributed by atoms with E-state index in [1.54, 1.807) is 6.07 Å². The summed E-state index contributed by atoms with van der Waals surface area (Å²) >= 11 is 0.